The minimum Gasteiger partial charge on any atom is -0.327 e. The molecule has 1 heteroatoms. The third-order valence-corrected chi connectivity index (χ3v) is 3.67. The fourth-order valence-corrected chi connectivity index (χ4v) is 2.45. The molecular formula is C13H19N. The first kappa shape index (κ1) is 9.72. The maximum Gasteiger partial charge on any atom is 0.0172 e. The molecule has 0 spiro atoms. The van der Waals surface area contributed by atoms with Crippen LogP contribution < -0.4 is 5.73 Å². The highest BCUT2D eigenvalue weighted by Crippen LogP contribution is 2.57. The second-order valence-corrected chi connectivity index (χ2v) is 5.18. The summed E-state index contributed by atoms with van der Waals surface area (Å²) in [6, 6.07) is 7.01. The molecule has 0 saturated heterocycles. The molecule has 0 aromatic heterocycles. The summed E-state index contributed by atoms with van der Waals surface area (Å²) < 4.78 is 0. The fraction of sp³-hybridized carbons (Fsp3) is 0.538. The molecule has 14 heavy (non-hydrogen) atoms. The molecule has 2 unspecified atom stereocenters. The van der Waals surface area contributed by atoms with E-state index < -0.39 is 0 Å². The summed E-state index contributed by atoms with van der Waals surface area (Å²) in [5.74, 6) is 0.558. The second-order valence-electron chi connectivity index (χ2n) is 5.18. The highest BCUT2D eigenvalue weighted by molar-refractivity contribution is 5.41. The Labute approximate surface area is 86.3 Å². The number of hydrogen-bond donors (Lipinski definition) is 1. The van der Waals surface area contributed by atoms with E-state index in [1.807, 2.05) is 0 Å². The van der Waals surface area contributed by atoms with E-state index in [1.54, 1.807) is 0 Å². The van der Waals surface area contributed by atoms with Crippen molar-refractivity contribution < 1.29 is 0 Å². The maximum atomic E-state index is 6.08. The summed E-state index contributed by atoms with van der Waals surface area (Å²) in [7, 11) is 0. The predicted octanol–water partition coefficient (Wildman–Crippen LogP) is 2.75. The lowest BCUT2D eigenvalue weighted by Crippen LogP contribution is -2.06. The van der Waals surface area contributed by atoms with Crippen molar-refractivity contribution in [3.8, 4) is 0 Å². The Morgan fingerprint density at radius 3 is 2.21 bits per heavy atom. The lowest BCUT2D eigenvalue weighted by molar-refractivity contribution is 0.598. The summed E-state index contributed by atoms with van der Waals surface area (Å²) in [5, 5.41) is 0. The van der Waals surface area contributed by atoms with E-state index in [9.17, 15) is 0 Å². The van der Waals surface area contributed by atoms with Crippen LogP contribution >= 0.6 is 0 Å². The van der Waals surface area contributed by atoms with Gasteiger partial charge in [-0.3, -0.25) is 0 Å². The molecule has 1 aromatic carbocycles. The van der Waals surface area contributed by atoms with Crippen molar-refractivity contribution in [2.24, 2.45) is 11.1 Å². The number of rotatable bonds is 1. The molecule has 0 radical (unpaired) electrons. The zero-order chi connectivity index (χ0) is 10.5. The average molecular weight is 189 g/mol. The van der Waals surface area contributed by atoms with Gasteiger partial charge in [-0.2, -0.15) is 0 Å². The molecule has 2 N–H and O–H groups in total. The molecule has 1 saturated carbocycles. The molecule has 2 atom stereocenters. The van der Waals surface area contributed by atoms with Crippen LogP contribution in [0.15, 0.2) is 18.2 Å². The SMILES string of the molecule is Cc1ccc(C2C(N)C2(C)C)c(C)c1. The van der Waals surface area contributed by atoms with Crippen molar-refractivity contribution in [2.75, 3.05) is 0 Å². The van der Waals surface area contributed by atoms with Gasteiger partial charge in [-0.1, -0.05) is 37.6 Å². The minimum absolute atomic E-state index is 0.292. The van der Waals surface area contributed by atoms with Crippen molar-refractivity contribution in [2.45, 2.75) is 39.7 Å². The Kier molecular flexibility index (Phi) is 1.97. The third-order valence-electron chi connectivity index (χ3n) is 3.67. The van der Waals surface area contributed by atoms with E-state index in [-0.39, 0.29) is 0 Å². The summed E-state index contributed by atoms with van der Waals surface area (Å²) in [4.78, 5) is 0. The van der Waals surface area contributed by atoms with E-state index in [4.69, 9.17) is 5.73 Å². The first-order valence-corrected chi connectivity index (χ1v) is 5.27. The Morgan fingerprint density at radius 1 is 1.21 bits per heavy atom. The fourth-order valence-electron chi connectivity index (χ4n) is 2.45. The highest BCUT2D eigenvalue weighted by Gasteiger charge is 2.56. The predicted molar refractivity (Wildman–Crippen MR) is 60.4 cm³/mol. The van der Waals surface area contributed by atoms with E-state index in [0.717, 1.165) is 0 Å². The van der Waals surface area contributed by atoms with Crippen LogP contribution in [0, 0.1) is 19.3 Å². The largest absolute Gasteiger partial charge is 0.327 e. The van der Waals surface area contributed by atoms with Crippen LogP contribution in [-0.4, -0.2) is 6.04 Å². The second kappa shape index (κ2) is 2.83. The zero-order valence-electron chi connectivity index (χ0n) is 9.46. The number of hydrogen-bond acceptors (Lipinski definition) is 1. The number of benzene rings is 1. The van der Waals surface area contributed by atoms with Crippen LogP contribution in [0.2, 0.25) is 0 Å². The van der Waals surface area contributed by atoms with Crippen LogP contribution in [0.5, 0.6) is 0 Å². The molecule has 2 rings (SSSR count). The summed E-state index contributed by atoms with van der Waals surface area (Å²) in [6.45, 7) is 8.82. The van der Waals surface area contributed by atoms with Gasteiger partial charge in [0, 0.05) is 12.0 Å². The normalized spacial score (nSPS) is 28.9. The van der Waals surface area contributed by atoms with Gasteiger partial charge in [-0.15, -0.1) is 0 Å². The Hall–Kier alpha value is -0.820. The first-order valence-electron chi connectivity index (χ1n) is 5.27. The van der Waals surface area contributed by atoms with Crippen molar-refractivity contribution >= 4 is 0 Å². The molecule has 0 aliphatic heterocycles. The van der Waals surface area contributed by atoms with Gasteiger partial charge in [-0.05, 0) is 30.4 Å². The number of aryl methyl sites for hydroxylation is 2. The molecule has 1 aromatic rings. The van der Waals surface area contributed by atoms with Crippen molar-refractivity contribution in [1.29, 1.82) is 0 Å². The Bertz CT molecular complexity index is 365. The van der Waals surface area contributed by atoms with Gasteiger partial charge < -0.3 is 5.73 Å². The maximum absolute atomic E-state index is 6.08. The smallest absolute Gasteiger partial charge is 0.0172 e. The van der Waals surface area contributed by atoms with E-state index >= 15 is 0 Å². The molecule has 0 amide bonds. The monoisotopic (exact) mass is 189 g/mol. The average Bonchev–Trinajstić information content (AvgIpc) is 2.54. The summed E-state index contributed by atoms with van der Waals surface area (Å²) in [5.41, 5.74) is 10.5. The number of nitrogens with two attached hydrogens (primary N) is 1. The van der Waals surface area contributed by atoms with Gasteiger partial charge in [0.1, 0.15) is 0 Å². The van der Waals surface area contributed by atoms with Crippen molar-refractivity contribution in [3.05, 3.63) is 34.9 Å². The van der Waals surface area contributed by atoms with Crippen molar-refractivity contribution in [1.82, 2.24) is 0 Å². The molecular weight excluding hydrogens is 170 g/mol. The Balaban J connectivity index is 2.36. The van der Waals surface area contributed by atoms with Crippen LogP contribution in [0.4, 0.5) is 0 Å². The minimum atomic E-state index is 0.292. The lowest BCUT2D eigenvalue weighted by atomic mass is 9.97. The molecule has 0 bridgehead atoms. The molecule has 76 valence electrons. The van der Waals surface area contributed by atoms with Gasteiger partial charge in [0.2, 0.25) is 0 Å². The zero-order valence-corrected chi connectivity index (χ0v) is 9.46. The van der Waals surface area contributed by atoms with Crippen molar-refractivity contribution in [3.63, 3.8) is 0 Å². The topological polar surface area (TPSA) is 26.0 Å². The quantitative estimate of drug-likeness (QED) is 0.722. The van der Waals surface area contributed by atoms with Gasteiger partial charge >= 0.3 is 0 Å². The molecule has 1 aliphatic rings. The van der Waals surface area contributed by atoms with Crippen LogP contribution in [0.25, 0.3) is 0 Å². The molecule has 1 fully saturated rings. The standard InChI is InChI=1S/C13H19N/c1-8-5-6-10(9(2)7-8)11-12(14)13(11,3)4/h5-7,11-12H,14H2,1-4H3. The lowest BCUT2D eigenvalue weighted by Gasteiger charge is -2.07. The van der Waals surface area contributed by atoms with E-state index in [2.05, 4.69) is 45.9 Å². The summed E-state index contributed by atoms with van der Waals surface area (Å²) in [6.07, 6.45) is 0. The van der Waals surface area contributed by atoms with Gasteiger partial charge in [0.05, 0.1) is 0 Å². The van der Waals surface area contributed by atoms with Gasteiger partial charge in [-0.25, -0.2) is 0 Å². The van der Waals surface area contributed by atoms with Crippen LogP contribution in [-0.2, 0) is 0 Å². The highest BCUT2D eigenvalue weighted by atomic mass is 14.8. The van der Waals surface area contributed by atoms with E-state index in [0.29, 0.717) is 17.4 Å². The van der Waals surface area contributed by atoms with Crippen LogP contribution in [0.1, 0.15) is 36.5 Å². The van der Waals surface area contributed by atoms with Gasteiger partial charge in [0.25, 0.3) is 0 Å². The molecule has 1 nitrogen and oxygen atoms in total. The van der Waals surface area contributed by atoms with Crippen LogP contribution in [0.3, 0.4) is 0 Å². The Morgan fingerprint density at radius 2 is 1.79 bits per heavy atom. The third kappa shape index (κ3) is 1.27. The molecule has 0 heterocycles. The van der Waals surface area contributed by atoms with E-state index in [1.165, 1.54) is 16.7 Å². The van der Waals surface area contributed by atoms with Gasteiger partial charge in [0.15, 0.2) is 0 Å². The first-order chi connectivity index (χ1) is 6.44. The molecule has 1 aliphatic carbocycles. The summed E-state index contributed by atoms with van der Waals surface area (Å²) >= 11 is 0.